The highest BCUT2D eigenvalue weighted by molar-refractivity contribution is 7.12. The Morgan fingerprint density at radius 3 is 3.33 bits per heavy atom. The lowest BCUT2D eigenvalue weighted by atomic mass is 10.2. The van der Waals surface area contributed by atoms with Gasteiger partial charge < -0.3 is 10.1 Å². The lowest BCUT2D eigenvalue weighted by Crippen LogP contribution is -2.05. The Kier molecular flexibility index (Phi) is 2.44. The Bertz CT molecular complexity index is 246. The second-order valence-corrected chi connectivity index (χ2v) is 4.22. The molecule has 0 saturated carbocycles. The monoisotopic (exact) mass is 183 g/mol. The highest BCUT2D eigenvalue weighted by atomic mass is 32.1. The molecule has 0 atom stereocenters. The summed E-state index contributed by atoms with van der Waals surface area (Å²) in [6.07, 6.45) is 1.10. The SMILES string of the molecule is CNCc1cc2c(s1)CCOC2. The molecule has 0 amide bonds. The predicted molar refractivity (Wildman–Crippen MR) is 50.4 cm³/mol. The van der Waals surface area contributed by atoms with Gasteiger partial charge in [-0.15, -0.1) is 11.3 Å². The zero-order chi connectivity index (χ0) is 8.39. The first-order valence-corrected chi connectivity index (χ1v) is 5.04. The molecule has 2 nitrogen and oxygen atoms in total. The molecule has 1 aromatic rings. The van der Waals surface area contributed by atoms with Crippen molar-refractivity contribution in [1.29, 1.82) is 0 Å². The van der Waals surface area contributed by atoms with Crippen molar-refractivity contribution in [1.82, 2.24) is 5.32 Å². The van der Waals surface area contributed by atoms with Crippen LogP contribution in [0.3, 0.4) is 0 Å². The highest BCUT2D eigenvalue weighted by Gasteiger charge is 2.12. The molecule has 1 aliphatic heterocycles. The zero-order valence-electron chi connectivity index (χ0n) is 7.22. The van der Waals surface area contributed by atoms with Crippen molar-refractivity contribution < 1.29 is 4.74 Å². The molecule has 0 fully saturated rings. The van der Waals surface area contributed by atoms with Crippen molar-refractivity contribution in [3.63, 3.8) is 0 Å². The van der Waals surface area contributed by atoms with E-state index < -0.39 is 0 Å². The first-order valence-electron chi connectivity index (χ1n) is 4.23. The van der Waals surface area contributed by atoms with Crippen LogP contribution in [0.1, 0.15) is 15.3 Å². The lowest BCUT2D eigenvalue weighted by Gasteiger charge is -2.10. The topological polar surface area (TPSA) is 21.3 Å². The molecule has 2 rings (SSSR count). The standard InChI is InChI=1S/C9H13NOS/c1-10-5-8-4-7-6-11-3-2-9(7)12-8/h4,10H,2-3,5-6H2,1H3. The van der Waals surface area contributed by atoms with E-state index in [0.29, 0.717) is 0 Å². The van der Waals surface area contributed by atoms with E-state index in [2.05, 4.69) is 11.4 Å². The third kappa shape index (κ3) is 1.53. The Labute approximate surface area is 76.6 Å². The van der Waals surface area contributed by atoms with Gasteiger partial charge in [-0.3, -0.25) is 0 Å². The highest BCUT2D eigenvalue weighted by Crippen LogP contribution is 2.26. The van der Waals surface area contributed by atoms with Crippen LogP contribution in [0, 0.1) is 0 Å². The van der Waals surface area contributed by atoms with Crippen LogP contribution in [0.4, 0.5) is 0 Å². The van der Waals surface area contributed by atoms with Crippen molar-refractivity contribution in [3.8, 4) is 0 Å². The Morgan fingerprint density at radius 1 is 1.67 bits per heavy atom. The third-order valence-corrected chi connectivity index (χ3v) is 3.27. The molecule has 0 saturated heterocycles. The van der Waals surface area contributed by atoms with E-state index in [1.807, 2.05) is 18.4 Å². The van der Waals surface area contributed by atoms with Crippen molar-refractivity contribution >= 4 is 11.3 Å². The lowest BCUT2D eigenvalue weighted by molar-refractivity contribution is 0.112. The average molecular weight is 183 g/mol. The maximum atomic E-state index is 5.37. The van der Waals surface area contributed by atoms with Gasteiger partial charge in [0.2, 0.25) is 0 Å². The zero-order valence-corrected chi connectivity index (χ0v) is 8.04. The number of rotatable bonds is 2. The number of hydrogen-bond acceptors (Lipinski definition) is 3. The first kappa shape index (κ1) is 8.23. The molecule has 66 valence electrons. The fourth-order valence-corrected chi connectivity index (χ4v) is 2.64. The van der Waals surface area contributed by atoms with Gasteiger partial charge in [0.15, 0.2) is 0 Å². The molecule has 1 aromatic heterocycles. The molecule has 0 aliphatic carbocycles. The van der Waals surface area contributed by atoms with Crippen LogP contribution < -0.4 is 5.32 Å². The number of nitrogens with one attached hydrogen (secondary N) is 1. The van der Waals surface area contributed by atoms with Crippen LogP contribution >= 0.6 is 11.3 Å². The van der Waals surface area contributed by atoms with Crippen LogP contribution in [0.5, 0.6) is 0 Å². The van der Waals surface area contributed by atoms with Gasteiger partial charge in [-0.1, -0.05) is 0 Å². The van der Waals surface area contributed by atoms with Crippen LogP contribution in [0.25, 0.3) is 0 Å². The molecule has 3 heteroatoms. The van der Waals surface area contributed by atoms with E-state index >= 15 is 0 Å². The summed E-state index contributed by atoms with van der Waals surface area (Å²) in [6, 6.07) is 2.26. The van der Waals surface area contributed by atoms with E-state index in [1.54, 1.807) is 0 Å². The first-order chi connectivity index (χ1) is 5.90. The molecule has 1 N–H and O–H groups in total. The molecule has 0 aromatic carbocycles. The predicted octanol–water partition coefficient (Wildman–Crippen LogP) is 1.54. The summed E-state index contributed by atoms with van der Waals surface area (Å²) in [5.74, 6) is 0. The molecular weight excluding hydrogens is 170 g/mol. The van der Waals surface area contributed by atoms with Gasteiger partial charge in [-0.25, -0.2) is 0 Å². The molecule has 12 heavy (non-hydrogen) atoms. The Morgan fingerprint density at radius 2 is 2.58 bits per heavy atom. The molecule has 0 bridgehead atoms. The van der Waals surface area contributed by atoms with E-state index in [4.69, 9.17) is 4.74 Å². The smallest absolute Gasteiger partial charge is 0.0727 e. The van der Waals surface area contributed by atoms with Gasteiger partial charge in [0, 0.05) is 22.7 Å². The molecule has 0 spiro atoms. The summed E-state index contributed by atoms with van der Waals surface area (Å²) >= 11 is 1.92. The fourth-order valence-electron chi connectivity index (χ4n) is 1.47. The van der Waals surface area contributed by atoms with Gasteiger partial charge in [0.1, 0.15) is 0 Å². The maximum Gasteiger partial charge on any atom is 0.0727 e. The summed E-state index contributed by atoms with van der Waals surface area (Å²) < 4.78 is 5.37. The summed E-state index contributed by atoms with van der Waals surface area (Å²) in [5.41, 5.74) is 1.40. The minimum absolute atomic E-state index is 0.815. The Balaban J connectivity index is 2.20. The van der Waals surface area contributed by atoms with E-state index in [0.717, 1.165) is 26.2 Å². The maximum absolute atomic E-state index is 5.37. The van der Waals surface area contributed by atoms with Gasteiger partial charge in [-0.2, -0.15) is 0 Å². The average Bonchev–Trinajstić information content (AvgIpc) is 2.47. The number of thiophene rings is 1. The van der Waals surface area contributed by atoms with Crippen molar-refractivity contribution in [2.24, 2.45) is 0 Å². The molecule has 0 radical (unpaired) electrons. The molecule has 1 aliphatic rings. The van der Waals surface area contributed by atoms with Gasteiger partial charge >= 0.3 is 0 Å². The van der Waals surface area contributed by atoms with Gasteiger partial charge in [-0.05, 0) is 18.7 Å². The second kappa shape index (κ2) is 3.56. The van der Waals surface area contributed by atoms with Crippen LogP contribution in [0.2, 0.25) is 0 Å². The normalized spacial score (nSPS) is 16.1. The van der Waals surface area contributed by atoms with Crippen molar-refractivity contribution in [3.05, 3.63) is 21.4 Å². The summed E-state index contributed by atoms with van der Waals surface area (Å²) in [7, 11) is 1.98. The summed E-state index contributed by atoms with van der Waals surface area (Å²) in [5, 5.41) is 3.16. The van der Waals surface area contributed by atoms with E-state index in [-0.39, 0.29) is 0 Å². The van der Waals surface area contributed by atoms with Gasteiger partial charge in [0.05, 0.1) is 13.2 Å². The minimum atomic E-state index is 0.815. The molecule has 2 heterocycles. The fraction of sp³-hybridized carbons (Fsp3) is 0.556. The number of ether oxygens (including phenoxy) is 1. The number of fused-ring (bicyclic) bond motifs is 1. The van der Waals surface area contributed by atoms with Gasteiger partial charge in [0.25, 0.3) is 0 Å². The largest absolute Gasteiger partial charge is 0.376 e. The van der Waals surface area contributed by atoms with Crippen LogP contribution in [-0.4, -0.2) is 13.7 Å². The minimum Gasteiger partial charge on any atom is -0.376 e. The quantitative estimate of drug-likeness (QED) is 0.751. The molecule has 0 unspecified atom stereocenters. The van der Waals surface area contributed by atoms with Crippen LogP contribution in [-0.2, 0) is 24.3 Å². The second-order valence-electron chi connectivity index (χ2n) is 2.99. The third-order valence-electron chi connectivity index (χ3n) is 2.03. The van der Waals surface area contributed by atoms with Crippen LogP contribution in [0.15, 0.2) is 6.07 Å². The van der Waals surface area contributed by atoms with Crippen molar-refractivity contribution in [2.45, 2.75) is 19.6 Å². The summed E-state index contributed by atoms with van der Waals surface area (Å²) in [6.45, 7) is 2.69. The summed E-state index contributed by atoms with van der Waals surface area (Å²) in [4.78, 5) is 2.94. The Hall–Kier alpha value is -0.380. The van der Waals surface area contributed by atoms with E-state index in [9.17, 15) is 0 Å². The van der Waals surface area contributed by atoms with E-state index in [1.165, 1.54) is 15.3 Å². The van der Waals surface area contributed by atoms with Crippen molar-refractivity contribution in [2.75, 3.05) is 13.7 Å². The molecular formula is C9H13NOS. The number of hydrogen-bond donors (Lipinski definition) is 1.